The van der Waals surface area contributed by atoms with Crippen LogP contribution in [-0.4, -0.2) is 32.1 Å². The Morgan fingerprint density at radius 2 is 1.82 bits per heavy atom. The van der Waals surface area contributed by atoms with E-state index in [1.165, 1.54) is 41.6 Å². The number of hydrogen-bond donors (Lipinski definition) is 0. The number of hydrogen-bond acceptors (Lipinski definition) is 3. The van der Waals surface area contributed by atoms with Crippen molar-refractivity contribution in [3.63, 3.8) is 0 Å². The standard InChI is InChI=1S/C26H23F3N4O/c1-31-23-13-19(3-4-20(23)21-15-32-9-6-16(7-10-32)25(21)31)33-11-8-17(12-24(33)34)22-5-2-18(14-30-22)26(27,28)29/h2-5,8,11-14,16H,6-7,9-10,15H2,1H3. The van der Waals surface area contributed by atoms with Crippen LogP contribution in [0.3, 0.4) is 0 Å². The number of alkyl halides is 3. The maximum absolute atomic E-state index is 12.9. The van der Waals surface area contributed by atoms with Gasteiger partial charge in [0.15, 0.2) is 0 Å². The van der Waals surface area contributed by atoms with Crippen LogP contribution in [0.4, 0.5) is 13.2 Å². The van der Waals surface area contributed by atoms with E-state index in [1.54, 1.807) is 16.8 Å². The quantitative estimate of drug-likeness (QED) is 0.415. The third-order valence-corrected chi connectivity index (χ3v) is 7.28. The first-order valence-electron chi connectivity index (χ1n) is 11.4. The van der Waals surface area contributed by atoms with E-state index in [0.29, 0.717) is 17.2 Å². The minimum Gasteiger partial charge on any atom is -0.347 e. The van der Waals surface area contributed by atoms with Gasteiger partial charge in [-0.3, -0.25) is 19.2 Å². The lowest BCUT2D eigenvalue weighted by molar-refractivity contribution is -0.137. The summed E-state index contributed by atoms with van der Waals surface area (Å²) in [5, 5.41) is 1.23. The molecule has 34 heavy (non-hydrogen) atoms. The Balaban J connectivity index is 1.38. The summed E-state index contributed by atoms with van der Waals surface area (Å²) in [7, 11) is 2.11. The number of fused-ring (bicyclic) bond motifs is 3. The van der Waals surface area contributed by atoms with Gasteiger partial charge in [0.05, 0.1) is 22.5 Å². The molecule has 4 aromatic rings. The number of aromatic nitrogens is 3. The minimum absolute atomic E-state index is 0.264. The summed E-state index contributed by atoms with van der Waals surface area (Å²) in [4.78, 5) is 19.4. The molecule has 0 saturated carbocycles. The highest BCUT2D eigenvalue weighted by Gasteiger charge is 2.32. The van der Waals surface area contributed by atoms with Crippen molar-refractivity contribution in [3.8, 4) is 16.9 Å². The molecule has 0 spiro atoms. The second-order valence-corrected chi connectivity index (χ2v) is 9.23. The summed E-state index contributed by atoms with van der Waals surface area (Å²) in [5.74, 6) is 0.577. The van der Waals surface area contributed by atoms with E-state index in [-0.39, 0.29) is 5.56 Å². The van der Waals surface area contributed by atoms with Crippen LogP contribution >= 0.6 is 0 Å². The predicted octanol–water partition coefficient (Wildman–Crippen LogP) is 5.10. The van der Waals surface area contributed by atoms with Gasteiger partial charge in [-0.1, -0.05) is 6.07 Å². The average Bonchev–Trinajstić information content (AvgIpc) is 2.97. The average molecular weight is 464 g/mol. The van der Waals surface area contributed by atoms with Gasteiger partial charge in [0.1, 0.15) is 0 Å². The van der Waals surface area contributed by atoms with Gasteiger partial charge in [0.2, 0.25) is 0 Å². The molecule has 3 aliphatic heterocycles. The monoisotopic (exact) mass is 464 g/mol. The molecule has 0 N–H and O–H groups in total. The Bertz CT molecular complexity index is 1460. The van der Waals surface area contributed by atoms with Crippen LogP contribution in [0.25, 0.3) is 27.8 Å². The van der Waals surface area contributed by atoms with E-state index in [9.17, 15) is 18.0 Å². The van der Waals surface area contributed by atoms with Gasteiger partial charge < -0.3 is 4.57 Å². The Kier molecular flexibility index (Phi) is 4.71. The first kappa shape index (κ1) is 21.2. The van der Waals surface area contributed by atoms with Gasteiger partial charge in [0.25, 0.3) is 5.56 Å². The lowest BCUT2D eigenvalue weighted by atomic mass is 9.94. The molecule has 0 aliphatic carbocycles. The SMILES string of the molecule is Cn1c2c(c3ccc(-n4ccc(-c5ccc(C(F)(F)F)cn5)cc4=O)cc31)CN1CCC2CC1. The van der Waals surface area contributed by atoms with Gasteiger partial charge in [-0.25, -0.2) is 0 Å². The number of benzene rings is 1. The van der Waals surface area contributed by atoms with Crippen LogP contribution in [0.1, 0.15) is 35.6 Å². The molecule has 3 aromatic heterocycles. The van der Waals surface area contributed by atoms with Crippen molar-refractivity contribution in [2.24, 2.45) is 7.05 Å². The smallest absolute Gasteiger partial charge is 0.347 e. The number of halogens is 3. The highest BCUT2D eigenvalue weighted by molar-refractivity contribution is 5.87. The van der Waals surface area contributed by atoms with Crippen molar-refractivity contribution >= 4 is 10.9 Å². The zero-order chi connectivity index (χ0) is 23.6. The van der Waals surface area contributed by atoms with Crippen LogP contribution in [0.5, 0.6) is 0 Å². The van der Waals surface area contributed by atoms with Gasteiger partial charge in [-0.15, -0.1) is 0 Å². The lowest BCUT2D eigenvalue weighted by Gasteiger charge is -2.27. The van der Waals surface area contributed by atoms with Crippen LogP contribution < -0.4 is 5.56 Å². The zero-order valence-electron chi connectivity index (χ0n) is 18.6. The Hall–Kier alpha value is -3.39. The van der Waals surface area contributed by atoms with Crippen LogP contribution in [0, 0.1) is 0 Å². The van der Waals surface area contributed by atoms with Crippen LogP contribution in [0.2, 0.25) is 0 Å². The van der Waals surface area contributed by atoms with E-state index in [2.05, 4.69) is 27.6 Å². The summed E-state index contributed by atoms with van der Waals surface area (Å²) in [6.45, 7) is 3.26. The van der Waals surface area contributed by atoms with Crippen molar-refractivity contribution in [2.75, 3.05) is 13.1 Å². The first-order valence-corrected chi connectivity index (χ1v) is 11.4. The molecule has 2 bridgehead atoms. The minimum atomic E-state index is -4.44. The molecule has 3 aliphatic rings. The summed E-state index contributed by atoms with van der Waals surface area (Å²) in [6.07, 6.45) is 0.364. The fourth-order valence-corrected chi connectivity index (χ4v) is 5.53. The molecule has 1 aromatic carbocycles. The van der Waals surface area contributed by atoms with E-state index in [0.717, 1.165) is 43.1 Å². The van der Waals surface area contributed by atoms with Crippen molar-refractivity contribution in [1.82, 2.24) is 19.0 Å². The summed E-state index contributed by atoms with van der Waals surface area (Å²) < 4.78 is 42.3. The molecule has 0 unspecified atom stereocenters. The van der Waals surface area contributed by atoms with Crippen molar-refractivity contribution in [2.45, 2.75) is 31.5 Å². The fraction of sp³-hybridized carbons (Fsp3) is 0.308. The summed E-state index contributed by atoms with van der Waals surface area (Å²) >= 11 is 0. The zero-order valence-corrected chi connectivity index (χ0v) is 18.6. The second kappa shape index (κ2) is 7.56. The van der Waals surface area contributed by atoms with Crippen molar-refractivity contribution in [3.05, 3.63) is 82.0 Å². The maximum atomic E-state index is 12.9. The molecule has 8 heteroatoms. The molecule has 6 heterocycles. The van der Waals surface area contributed by atoms with E-state index >= 15 is 0 Å². The molecule has 7 rings (SSSR count). The van der Waals surface area contributed by atoms with E-state index in [4.69, 9.17) is 0 Å². The molecule has 5 nitrogen and oxygen atoms in total. The van der Waals surface area contributed by atoms with Gasteiger partial charge in [0, 0.05) is 54.6 Å². The normalized spacial score (nSPS) is 19.9. The topological polar surface area (TPSA) is 43.1 Å². The summed E-state index contributed by atoms with van der Waals surface area (Å²) in [5.41, 5.74) is 4.41. The summed E-state index contributed by atoms with van der Waals surface area (Å²) in [6, 6.07) is 11.5. The number of nitrogens with zero attached hydrogens (tertiary/aromatic N) is 4. The van der Waals surface area contributed by atoms with Gasteiger partial charge >= 0.3 is 6.18 Å². The van der Waals surface area contributed by atoms with Crippen molar-refractivity contribution in [1.29, 1.82) is 0 Å². The Morgan fingerprint density at radius 3 is 2.50 bits per heavy atom. The van der Waals surface area contributed by atoms with E-state index in [1.807, 2.05) is 12.1 Å². The van der Waals surface area contributed by atoms with Crippen molar-refractivity contribution < 1.29 is 13.2 Å². The Labute approximate surface area is 194 Å². The lowest BCUT2D eigenvalue weighted by Crippen LogP contribution is -2.29. The first-order chi connectivity index (χ1) is 16.3. The number of pyridine rings is 2. The number of piperidine rings is 1. The second-order valence-electron chi connectivity index (χ2n) is 9.23. The molecular formula is C26H23F3N4O. The van der Waals surface area contributed by atoms with Gasteiger partial charge in [-0.2, -0.15) is 13.2 Å². The highest BCUT2D eigenvalue weighted by Crippen LogP contribution is 2.40. The third-order valence-electron chi connectivity index (χ3n) is 7.28. The largest absolute Gasteiger partial charge is 0.417 e. The molecule has 0 amide bonds. The number of aryl methyl sites for hydroxylation is 1. The molecule has 1 saturated heterocycles. The molecule has 174 valence electrons. The molecule has 0 radical (unpaired) electrons. The molecule has 1 fully saturated rings. The molecular weight excluding hydrogens is 441 g/mol. The van der Waals surface area contributed by atoms with Gasteiger partial charge in [-0.05, 0) is 61.8 Å². The van der Waals surface area contributed by atoms with Crippen LogP contribution in [-0.2, 0) is 19.8 Å². The molecule has 0 atom stereocenters. The highest BCUT2D eigenvalue weighted by atomic mass is 19.4. The van der Waals surface area contributed by atoms with Crippen LogP contribution in [0.15, 0.2) is 59.7 Å². The fourth-order valence-electron chi connectivity index (χ4n) is 5.53. The van der Waals surface area contributed by atoms with E-state index < -0.39 is 11.7 Å². The predicted molar refractivity (Wildman–Crippen MR) is 124 cm³/mol. The third kappa shape index (κ3) is 3.36. The Morgan fingerprint density at radius 1 is 1.03 bits per heavy atom. The maximum Gasteiger partial charge on any atom is 0.417 e. The number of rotatable bonds is 2.